The van der Waals surface area contributed by atoms with E-state index in [0.717, 1.165) is 13.0 Å². The highest BCUT2D eigenvalue weighted by atomic mass is 16.7. The molecule has 1 amide bonds. The molecule has 104 valence electrons. The Hall–Kier alpha value is -1.14. The summed E-state index contributed by atoms with van der Waals surface area (Å²) in [6.45, 7) is 7.70. The Bertz CT molecular complexity index is 323. The van der Waals surface area contributed by atoms with E-state index in [4.69, 9.17) is 9.57 Å². The van der Waals surface area contributed by atoms with Crippen molar-refractivity contribution in [3.63, 3.8) is 0 Å². The monoisotopic (exact) mass is 257 g/mol. The van der Waals surface area contributed by atoms with E-state index in [1.165, 1.54) is 7.05 Å². The maximum Gasteiger partial charge on any atom is 0.433 e. The lowest BCUT2D eigenvalue weighted by molar-refractivity contribution is -0.0456. The van der Waals surface area contributed by atoms with Gasteiger partial charge < -0.3 is 10.1 Å². The molecular weight excluding hydrogens is 234 g/mol. The van der Waals surface area contributed by atoms with Crippen LogP contribution in [0.1, 0.15) is 27.2 Å². The summed E-state index contributed by atoms with van der Waals surface area (Å²) in [5.74, 6) is 0. The Morgan fingerprint density at radius 3 is 2.67 bits per heavy atom. The molecule has 0 spiro atoms. The Morgan fingerprint density at radius 2 is 2.17 bits per heavy atom. The number of amides is 1. The zero-order valence-corrected chi connectivity index (χ0v) is 11.8. The van der Waals surface area contributed by atoms with Gasteiger partial charge in [0, 0.05) is 19.0 Å². The summed E-state index contributed by atoms with van der Waals surface area (Å²) < 4.78 is 5.73. The van der Waals surface area contributed by atoms with E-state index in [9.17, 15) is 4.79 Å². The number of carbonyl (C=O) groups excluding carboxylic acids is 1. The average Bonchev–Trinajstić information content (AvgIpc) is 2.29. The quantitative estimate of drug-likeness (QED) is 0.462. The molecule has 1 atom stereocenters. The van der Waals surface area contributed by atoms with Crippen molar-refractivity contribution in [2.24, 2.45) is 10.6 Å². The van der Waals surface area contributed by atoms with Gasteiger partial charge in [-0.15, -0.1) is 0 Å². The molecule has 0 saturated carbocycles. The highest BCUT2D eigenvalue weighted by Gasteiger charge is 2.33. The van der Waals surface area contributed by atoms with E-state index >= 15 is 0 Å². The van der Waals surface area contributed by atoms with Gasteiger partial charge in [0.05, 0.1) is 6.61 Å². The predicted molar refractivity (Wildman–Crippen MR) is 69.4 cm³/mol. The molecule has 1 unspecified atom stereocenters. The molecule has 1 heterocycles. The molecule has 0 aliphatic carbocycles. The molecule has 0 aromatic carbocycles. The third-order valence-electron chi connectivity index (χ3n) is 2.76. The second-order valence-corrected chi connectivity index (χ2v) is 5.41. The maximum absolute atomic E-state index is 11.1. The SMILES string of the molecule is CNC(=O)ON=C(C1OCCCN1C)C(C)(C)C. The smallest absolute Gasteiger partial charge is 0.357 e. The van der Waals surface area contributed by atoms with Crippen LogP contribution in [0, 0.1) is 5.41 Å². The van der Waals surface area contributed by atoms with E-state index in [2.05, 4.69) is 15.4 Å². The Kier molecular flexibility index (Phi) is 5.10. The van der Waals surface area contributed by atoms with Gasteiger partial charge in [-0.2, -0.15) is 0 Å². The summed E-state index contributed by atoms with van der Waals surface area (Å²) in [4.78, 5) is 18.0. The first-order valence-corrected chi connectivity index (χ1v) is 6.15. The first-order valence-electron chi connectivity index (χ1n) is 6.15. The van der Waals surface area contributed by atoms with Gasteiger partial charge in [0.25, 0.3) is 0 Å². The standard InChI is InChI=1S/C12H23N3O3/c1-12(2,3)9(14-18-11(16)13-4)10-15(5)7-6-8-17-10/h10H,6-8H2,1-5H3,(H,13,16). The summed E-state index contributed by atoms with van der Waals surface area (Å²) in [5.41, 5.74) is 0.484. The minimum absolute atomic E-state index is 0.232. The number of carbonyl (C=O) groups is 1. The van der Waals surface area contributed by atoms with E-state index < -0.39 is 6.09 Å². The molecule has 1 aliphatic rings. The molecule has 0 aromatic heterocycles. The zero-order chi connectivity index (χ0) is 13.8. The largest absolute Gasteiger partial charge is 0.433 e. The van der Waals surface area contributed by atoms with Crippen LogP contribution < -0.4 is 5.32 Å². The van der Waals surface area contributed by atoms with Gasteiger partial charge in [0.15, 0.2) is 6.23 Å². The van der Waals surface area contributed by atoms with E-state index in [-0.39, 0.29) is 11.6 Å². The van der Waals surface area contributed by atoms with Crippen LogP contribution in [-0.4, -0.2) is 50.2 Å². The molecule has 1 rings (SSSR count). The Balaban J connectivity index is 2.87. The molecule has 0 bridgehead atoms. The van der Waals surface area contributed by atoms with Crippen molar-refractivity contribution in [1.82, 2.24) is 10.2 Å². The summed E-state index contributed by atoms with van der Waals surface area (Å²) in [6, 6.07) is 0. The second-order valence-electron chi connectivity index (χ2n) is 5.41. The molecule has 1 fully saturated rings. The van der Waals surface area contributed by atoms with Gasteiger partial charge in [-0.05, 0) is 13.5 Å². The normalized spacial score (nSPS) is 22.7. The number of nitrogens with zero attached hydrogens (tertiary/aromatic N) is 2. The van der Waals surface area contributed by atoms with E-state index in [0.29, 0.717) is 12.3 Å². The van der Waals surface area contributed by atoms with Crippen LogP contribution in [-0.2, 0) is 9.57 Å². The highest BCUT2D eigenvalue weighted by molar-refractivity contribution is 5.93. The molecule has 0 radical (unpaired) electrons. The van der Waals surface area contributed by atoms with Gasteiger partial charge in [-0.1, -0.05) is 25.9 Å². The third-order valence-corrected chi connectivity index (χ3v) is 2.76. The molecule has 6 nitrogen and oxygen atoms in total. The van der Waals surface area contributed by atoms with Crippen LogP contribution in [0.3, 0.4) is 0 Å². The van der Waals surface area contributed by atoms with Crippen molar-refractivity contribution in [2.75, 3.05) is 27.2 Å². The molecule has 1 saturated heterocycles. The highest BCUT2D eigenvalue weighted by Crippen LogP contribution is 2.24. The van der Waals surface area contributed by atoms with Gasteiger partial charge in [-0.25, -0.2) is 4.79 Å². The topological polar surface area (TPSA) is 63.2 Å². The fraction of sp³-hybridized carbons (Fsp3) is 0.833. The van der Waals surface area contributed by atoms with Gasteiger partial charge >= 0.3 is 6.09 Å². The molecular formula is C12H23N3O3. The van der Waals surface area contributed by atoms with Crippen LogP contribution in [0.4, 0.5) is 4.79 Å². The molecule has 18 heavy (non-hydrogen) atoms. The number of ether oxygens (including phenoxy) is 1. The third kappa shape index (κ3) is 3.96. The van der Waals surface area contributed by atoms with Crippen LogP contribution >= 0.6 is 0 Å². The summed E-state index contributed by atoms with van der Waals surface area (Å²) in [5, 5.41) is 6.34. The van der Waals surface area contributed by atoms with E-state index in [1.54, 1.807) is 0 Å². The van der Waals surface area contributed by atoms with Gasteiger partial charge in [-0.3, -0.25) is 9.74 Å². The number of hydrogen-bond acceptors (Lipinski definition) is 5. The fourth-order valence-corrected chi connectivity index (χ4v) is 1.73. The van der Waals surface area contributed by atoms with Gasteiger partial charge in [0.1, 0.15) is 5.71 Å². The first-order chi connectivity index (χ1) is 8.36. The van der Waals surface area contributed by atoms with Crippen LogP contribution in [0.2, 0.25) is 0 Å². The molecule has 6 heteroatoms. The zero-order valence-electron chi connectivity index (χ0n) is 11.8. The van der Waals surface area contributed by atoms with Crippen LogP contribution in [0.15, 0.2) is 5.16 Å². The van der Waals surface area contributed by atoms with Crippen molar-refractivity contribution in [2.45, 2.75) is 33.4 Å². The van der Waals surface area contributed by atoms with Crippen molar-refractivity contribution in [1.29, 1.82) is 0 Å². The number of oxime groups is 1. The molecule has 1 N–H and O–H groups in total. The number of hydrogen-bond donors (Lipinski definition) is 1. The van der Waals surface area contributed by atoms with E-state index in [1.807, 2.05) is 27.8 Å². The predicted octanol–water partition coefficient (Wildman–Crippen LogP) is 1.42. The lowest BCUT2D eigenvalue weighted by Gasteiger charge is -2.37. The lowest BCUT2D eigenvalue weighted by atomic mass is 9.88. The number of rotatable bonds is 2. The van der Waals surface area contributed by atoms with Crippen molar-refractivity contribution >= 4 is 11.8 Å². The number of nitrogens with one attached hydrogen (secondary N) is 1. The Labute approximate surface area is 108 Å². The summed E-state index contributed by atoms with van der Waals surface area (Å²) in [7, 11) is 3.48. The average molecular weight is 257 g/mol. The van der Waals surface area contributed by atoms with Crippen molar-refractivity contribution < 1.29 is 14.4 Å². The Morgan fingerprint density at radius 1 is 1.50 bits per heavy atom. The van der Waals surface area contributed by atoms with Crippen LogP contribution in [0.5, 0.6) is 0 Å². The molecule has 1 aliphatic heterocycles. The van der Waals surface area contributed by atoms with Crippen LogP contribution in [0.25, 0.3) is 0 Å². The maximum atomic E-state index is 11.1. The molecule has 0 aromatic rings. The first kappa shape index (κ1) is 14.9. The van der Waals surface area contributed by atoms with Crippen molar-refractivity contribution in [3.05, 3.63) is 0 Å². The second kappa shape index (κ2) is 6.15. The summed E-state index contributed by atoms with van der Waals surface area (Å²) in [6.07, 6.45) is 0.194. The minimum Gasteiger partial charge on any atom is -0.357 e. The summed E-state index contributed by atoms with van der Waals surface area (Å²) >= 11 is 0. The lowest BCUT2D eigenvalue weighted by Crippen LogP contribution is -2.49. The minimum atomic E-state index is -0.574. The van der Waals surface area contributed by atoms with Gasteiger partial charge in [0.2, 0.25) is 0 Å². The van der Waals surface area contributed by atoms with Crippen molar-refractivity contribution in [3.8, 4) is 0 Å². The fourth-order valence-electron chi connectivity index (χ4n) is 1.73.